The summed E-state index contributed by atoms with van der Waals surface area (Å²) < 4.78 is 12.7. The van der Waals surface area contributed by atoms with Crippen LogP contribution in [0.2, 0.25) is 0 Å². The molecule has 0 radical (unpaired) electrons. The van der Waals surface area contributed by atoms with Crippen LogP contribution in [0.3, 0.4) is 0 Å². The second-order valence-electron chi connectivity index (χ2n) is 4.29. The van der Waals surface area contributed by atoms with E-state index in [1.807, 2.05) is 0 Å². The second-order valence-corrected chi connectivity index (χ2v) is 6.69. The van der Waals surface area contributed by atoms with Crippen molar-refractivity contribution >= 4 is 35.4 Å². The van der Waals surface area contributed by atoms with Crippen molar-refractivity contribution in [2.24, 2.45) is 0 Å². The third-order valence-electron chi connectivity index (χ3n) is 2.54. The zero-order chi connectivity index (χ0) is 15.7. The molecule has 0 spiro atoms. The van der Waals surface area contributed by atoms with Crippen LogP contribution in [0.15, 0.2) is 29.2 Å². The van der Waals surface area contributed by atoms with Crippen LogP contribution >= 0.6 is 23.5 Å². The zero-order valence-corrected chi connectivity index (χ0v) is 13.3. The van der Waals surface area contributed by atoms with Crippen molar-refractivity contribution in [2.75, 3.05) is 17.3 Å². The van der Waals surface area contributed by atoms with Gasteiger partial charge in [0, 0.05) is 23.3 Å². The third-order valence-corrected chi connectivity index (χ3v) is 4.83. The van der Waals surface area contributed by atoms with Gasteiger partial charge in [0.15, 0.2) is 0 Å². The van der Waals surface area contributed by atoms with Gasteiger partial charge in [0.05, 0.1) is 0 Å². The Balaban J connectivity index is 2.14. The predicted molar refractivity (Wildman–Crippen MR) is 84.3 cm³/mol. The van der Waals surface area contributed by atoms with Crippen molar-refractivity contribution in [1.29, 1.82) is 0 Å². The summed E-state index contributed by atoms with van der Waals surface area (Å²) in [6, 6.07) is 5.52. The van der Waals surface area contributed by atoms with Gasteiger partial charge in [-0.1, -0.05) is 0 Å². The monoisotopic (exact) mass is 331 g/mol. The zero-order valence-electron chi connectivity index (χ0n) is 11.7. The van der Waals surface area contributed by atoms with Gasteiger partial charge in [-0.25, -0.2) is 9.18 Å². The molecule has 21 heavy (non-hydrogen) atoms. The average molecular weight is 331 g/mol. The Morgan fingerprint density at radius 3 is 2.48 bits per heavy atom. The quantitative estimate of drug-likeness (QED) is 0.538. The number of halogens is 1. The van der Waals surface area contributed by atoms with E-state index in [1.165, 1.54) is 19.1 Å². The SMILES string of the molecule is CC(=O)NC(CCSCCSc1ccc(F)cc1)C(=O)O. The first-order valence-corrected chi connectivity index (χ1v) is 8.59. The van der Waals surface area contributed by atoms with Crippen molar-refractivity contribution in [1.82, 2.24) is 5.32 Å². The maximum atomic E-state index is 12.7. The van der Waals surface area contributed by atoms with Crippen molar-refractivity contribution < 1.29 is 19.1 Å². The van der Waals surface area contributed by atoms with Crippen molar-refractivity contribution in [3.63, 3.8) is 0 Å². The smallest absolute Gasteiger partial charge is 0.326 e. The molecule has 1 atom stereocenters. The molecule has 7 heteroatoms. The van der Waals surface area contributed by atoms with Crippen LogP contribution in [-0.4, -0.2) is 40.3 Å². The summed E-state index contributed by atoms with van der Waals surface area (Å²) in [6.45, 7) is 1.31. The molecule has 1 aromatic rings. The highest BCUT2D eigenvalue weighted by Gasteiger charge is 2.17. The molecule has 116 valence electrons. The maximum Gasteiger partial charge on any atom is 0.326 e. The lowest BCUT2D eigenvalue weighted by atomic mass is 10.2. The van der Waals surface area contributed by atoms with Crippen LogP contribution in [0.4, 0.5) is 4.39 Å². The third kappa shape index (κ3) is 7.96. The number of rotatable bonds is 9. The first kappa shape index (κ1) is 17.8. The fourth-order valence-corrected chi connectivity index (χ4v) is 3.53. The van der Waals surface area contributed by atoms with Gasteiger partial charge >= 0.3 is 5.97 Å². The molecular weight excluding hydrogens is 313 g/mol. The molecule has 0 saturated carbocycles. The molecule has 0 aromatic heterocycles. The Morgan fingerprint density at radius 1 is 1.24 bits per heavy atom. The Labute approximate surface area is 131 Å². The van der Waals surface area contributed by atoms with Crippen molar-refractivity contribution in [3.05, 3.63) is 30.1 Å². The molecule has 0 heterocycles. The second kappa shape index (κ2) is 9.68. The normalized spacial score (nSPS) is 11.9. The fraction of sp³-hybridized carbons (Fsp3) is 0.429. The molecule has 1 aromatic carbocycles. The summed E-state index contributed by atoms with van der Waals surface area (Å²) in [7, 11) is 0. The number of hydrogen-bond donors (Lipinski definition) is 2. The minimum atomic E-state index is -1.01. The predicted octanol–water partition coefficient (Wildman–Crippen LogP) is 2.63. The topological polar surface area (TPSA) is 66.4 Å². The minimum Gasteiger partial charge on any atom is -0.480 e. The number of thioether (sulfide) groups is 2. The summed E-state index contributed by atoms with van der Waals surface area (Å²) in [5.74, 6) is 0.821. The summed E-state index contributed by atoms with van der Waals surface area (Å²) in [4.78, 5) is 22.8. The molecule has 0 fully saturated rings. The van der Waals surface area contributed by atoms with Crippen LogP contribution in [0.1, 0.15) is 13.3 Å². The molecule has 0 saturated heterocycles. The molecular formula is C14H18FNO3S2. The lowest BCUT2D eigenvalue weighted by molar-refractivity contribution is -0.141. The van der Waals surface area contributed by atoms with Gasteiger partial charge in [0.25, 0.3) is 0 Å². The molecule has 1 amide bonds. The number of nitrogens with one attached hydrogen (secondary N) is 1. The molecule has 1 unspecified atom stereocenters. The van der Waals surface area contributed by atoms with Gasteiger partial charge in [-0.05, 0) is 36.4 Å². The van der Waals surface area contributed by atoms with Crippen LogP contribution in [-0.2, 0) is 9.59 Å². The maximum absolute atomic E-state index is 12.7. The average Bonchev–Trinajstić information content (AvgIpc) is 2.42. The number of carbonyl (C=O) groups is 2. The van der Waals surface area contributed by atoms with Crippen LogP contribution < -0.4 is 5.32 Å². The molecule has 0 aliphatic heterocycles. The van der Waals surface area contributed by atoms with Crippen LogP contribution in [0, 0.1) is 5.82 Å². The number of amides is 1. The van der Waals surface area contributed by atoms with Gasteiger partial charge < -0.3 is 10.4 Å². The van der Waals surface area contributed by atoms with Gasteiger partial charge in [0.2, 0.25) is 5.91 Å². The summed E-state index contributed by atoms with van der Waals surface area (Å²) >= 11 is 3.27. The van der Waals surface area contributed by atoms with Gasteiger partial charge in [-0.2, -0.15) is 11.8 Å². The van der Waals surface area contributed by atoms with Crippen molar-refractivity contribution in [3.8, 4) is 0 Å². The standard InChI is InChI=1S/C14H18FNO3S2/c1-10(17)16-13(14(18)19)6-7-20-8-9-21-12-4-2-11(15)3-5-12/h2-5,13H,6-9H2,1H3,(H,16,17)(H,18,19). The van der Waals surface area contributed by atoms with E-state index in [9.17, 15) is 14.0 Å². The first-order valence-electron chi connectivity index (χ1n) is 6.45. The minimum absolute atomic E-state index is 0.244. The lowest BCUT2D eigenvalue weighted by Crippen LogP contribution is -2.39. The van der Waals surface area contributed by atoms with E-state index < -0.39 is 12.0 Å². The largest absolute Gasteiger partial charge is 0.480 e. The first-order chi connectivity index (χ1) is 9.99. The Morgan fingerprint density at radius 2 is 1.90 bits per heavy atom. The van der Waals surface area contributed by atoms with E-state index in [2.05, 4.69) is 5.32 Å². The number of benzene rings is 1. The molecule has 2 N–H and O–H groups in total. The highest BCUT2D eigenvalue weighted by molar-refractivity contribution is 8.02. The number of carboxylic acid groups (broad SMARTS) is 1. The van der Waals surface area contributed by atoms with Gasteiger partial charge in [-0.15, -0.1) is 11.8 Å². The Hall–Kier alpha value is -1.21. The molecule has 4 nitrogen and oxygen atoms in total. The summed E-state index contributed by atoms with van der Waals surface area (Å²) in [6.07, 6.45) is 0.404. The lowest BCUT2D eigenvalue weighted by Gasteiger charge is -2.12. The van der Waals surface area contributed by atoms with Crippen LogP contribution in [0.25, 0.3) is 0 Å². The molecule has 0 aliphatic carbocycles. The van der Waals surface area contributed by atoms with E-state index in [1.54, 1.807) is 35.7 Å². The fourth-order valence-electron chi connectivity index (χ4n) is 1.56. The summed E-state index contributed by atoms with van der Waals surface area (Å²) in [5.41, 5.74) is 0. The molecule has 0 bridgehead atoms. The highest BCUT2D eigenvalue weighted by Crippen LogP contribution is 2.19. The Bertz CT molecular complexity index is 468. The van der Waals surface area contributed by atoms with E-state index in [0.717, 1.165) is 16.4 Å². The molecule has 0 aliphatic rings. The number of carbonyl (C=O) groups excluding carboxylic acids is 1. The number of aliphatic carboxylic acids is 1. The number of hydrogen-bond acceptors (Lipinski definition) is 4. The Kier molecular flexibility index (Phi) is 8.22. The van der Waals surface area contributed by atoms with Gasteiger partial charge in [0.1, 0.15) is 11.9 Å². The summed E-state index contributed by atoms with van der Waals surface area (Å²) in [5, 5.41) is 11.3. The number of carboxylic acids is 1. The van der Waals surface area contributed by atoms with E-state index in [0.29, 0.717) is 12.2 Å². The molecule has 1 rings (SSSR count). The van der Waals surface area contributed by atoms with E-state index in [4.69, 9.17) is 5.11 Å². The van der Waals surface area contributed by atoms with Crippen molar-refractivity contribution in [2.45, 2.75) is 24.3 Å². The van der Waals surface area contributed by atoms with Crippen LogP contribution in [0.5, 0.6) is 0 Å². The van der Waals surface area contributed by atoms with Gasteiger partial charge in [-0.3, -0.25) is 4.79 Å². The van der Waals surface area contributed by atoms with E-state index >= 15 is 0 Å². The highest BCUT2D eigenvalue weighted by atomic mass is 32.2. The van der Waals surface area contributed by atoms with E-state index in [-0.39, 0.29) is 11.7 Å².